The molecule has 1 aromatic carbocycles. The number of hydrogen-bond donors (Lipinski definition) is 1. The van der Waals surface area contributed by atoms with Crippen LogP contribution >= 0.6 is 0 Å². The SMILES string of the molecule is Fc1cc2n[nH]c(C(F)F)c2cc1F. The topological polar surface area (TPSA) is 28.7 Å². The Labute approximate surface area is 75.5 Å². The van der Waals surface area contributed by atoms with E-state index in [1.54, 1.807) is 0 Å². The van der Waals surface area contributed by atoms with Gasteiger partial charge in [-0.15, -0.1) is 0 Å². The number of aromatic nitrogens is 2. The van der Waals surface area contributed by atoms with E-state index in [1.807, 2.05) is 5.10 Å². The Bertz CT molecular complexity index is 477. The Morgan fingerprint density at radius 3 is 2.43 bits per heavy atom. The molecule has 0 aliphatic rings. The molecule has 1 heterocycles. The lowest BCUT2D eigenvalue weighted by molar-refractivity contribution is 0.147. The van der Waals surface area contributed by atoms with Crippen LogP contribution in [0.1, 0.15) is 12.1 Å². The van der Waals surface area contributed by atoms with Crippen LogP contribution in [0.4, 0.5) is 17.6 Å². The molecule has 2 nitrogen and oxygen atoms in total. The summed E-state index contributed by atoms with van der Waals surface area (Å²) < 4.78 is 49.9. The summed E-state index contributed by atoms with van der Waals surface area (Å²) in [6.07, 6.45) is -2.79. The van der Waals surface area contributed by atoms with Crippen LogP contribution in [0, 0.1) is 11.6 Å². The van der Waals surface area contributed by atoms with Crippen molar-refractivity contribution in [2.24, 2.45) is 0 Å². The largest absolute Gasteiger partial charge is 0.280 e. The fraction of sp³-hybridized carbons (Fsp3) is 0.125. The van der Waals surface area contributed by atoms with Crippen LogP contribution in [-0.4, -0.2) is 10.2 Å². The zero-order chi connectivity index (χ0) is 10.3. The van der Waals surface area contributed by atoms with E-state index in [0.717, 1.165) is 6.07 Å². The Balaban J connectivity index is 2.74. The number of nitrogens with zero attached hydrogens (tertiary/aromatic N) is 1. The lowest BCUT2D eigenvalue weighted by atomic mass is 10.2. The fourth-order valence-corrected chi connectivity index (χ4v) is 1.19. The summed E-state index contributed by atoms with van der Waals surface area (Å²) in [7, 11) is 0. The molecule has 1 N–H and O–H groups in total. The lowest BCUT2D eigenvalue weighted by Crippen LogP contribution is -1.86. The summed E-state index contributed by atoms with van der Waals surface area (Å²) in [5, 5.41) is 5.37. The molecule has 0 spiro atoms. The van der Waals surface area contributed by atoms with Crippen LogP contribution in [0.15, 0.2) is 12.1 Å². The molecule has 0 radical (unpaired) electrons. The van der Waals surface area contributed by atoms with Gasteiger partial charge in [0.2, 0.25) is 0 Å². The number of rotatable bonds is 1. The van der Waals surface area contributed by atoms with E-state index in [4.69, 9.17) is 0 Å². The first kappa shape index (κ1) is 8.98. The molecule has 0 saturated heterocycles. The number of benzene rings is 1. The summed E-state index contributed by atoms with van der Waals surface area (Å²) in [4.78, 5) is 0. The molecular weight excluding hydrogens is 200 g/mol. The average molecular weight is 204 g/mol. The van der Waals surface area contributed by atoms with Gasteiger partial charge in [-0.2, -0.15) is 5.10 Å². The van der Waals surface area contributed by atoms with Crippen molar-refractivity contribution in [3.8, 4) is 0 Å². The van der Waals surface area contributed by atoms with Gasteiger partial charge in [0.1, 0.15) is 5.69 Å². The van der Waals surface area contributed by atoms with Gasteiger partial charge in [-0.05, 0) is 6.07 Å². The molecule has 0 fully saturated rings. The molecule has 0 saturated carbocycles. The number of H-pyrrole nitrogens is 1. The van der Waals surface area contributed by atoms with Crippen molar-refractivity contribution in [2.75, 3.05) is 0 Å². The van der Waals surface area contributed by atoms with Crippen molar-refractivity contribution >= 4 is 10.9 Å². The third-order valence-corrected chi connectivity index (χ3v) is 1.84. The smallest absolute Gasteiger partial charge is 0.276 e. The molecule has 0 unspecified atom stereocenters. The molecule has 2 rings (SSSR count). The van der Waals surface area contributed by atoms with Gasteiger partial charge in [0.05, 0.1) is 5.52 Å². The van der Waals surface area contributed by atoms with Crippen LogP contribution in [0.5, 0.6) is 0 Å². The zero-order valence-electron chi connectivity index (χ0n) is 6.69. The second-order valence-electron chi connectivity index (χ2n) is 2.72. The number of halogens is 4. The van der Waals surface area contributed by atoms with E-state index < -0.39 is 23.8 Å². The highest BCUT2D eigenvalue weighted by Crippen LogP contribution is 2.26. The third-order valence-electron chi connectivity index (χ3n) is 1.84. The van der Waals surface area contributed by atoms with Gasteiger partial charge in [-0.3, -0.25) is 5.10 Å². The molecule has 1 aromatic heterocycles. The van der Waals surface area contributed by atoms with Crippen LogP contribution in [0.25, 0.3) is 10.9 Å². The maximum Gasteiger partial charge on any atom is 0.280 e. The minimum absolute atomic E-state index is 0.0146. The van der Waals surface area contributed by atoms with E-state index in [9.17, 15) is 17.6 Å². The van der Waals surface area contributed by atoms with E-state index in [-0.39, 0.29) is 10.9 Å². The number of fused-ring (bicyclic) bond motifs is 1. The first-order valence-corrected chi connectivity index (χ1v) is 3.70. The Morgan fingerprint density at radius 1 is 1.14 bits per heavy atom. The van der Waals surface area contributed by atoms with E-state index >= 15 is 0 Å². The van der Waals surface area contributed by atoms with Crippen molar-refractivity contribution in [2.45, 2.75) is 6.43 Å². The van der Waals surface area contributed by atoms with E-state index in [0.29, 0.717) is 6.07 Å². The summed E-state index contributed by atoms with van der Waals surface area (Å²) in [5.41, 5.74) is -0.516. The second-order valence-corrected chi connectivity index (χ2v) is 2.72. The molecule has 0 atom stereocenters. The molecule has 0 aliphatic heterocycles. The van der Waals surface area contributed by atoms with Crippen LogP contribution in [0.2, 0.25) is 0 Å². The Hall–Kier alpha value is -1.59. The minimum Gasteiger partial charge on any atom is -0.276 e. The second kappa shape index (κ2) is 2.97. The summed E-state index contributed by atoms with van der Waals surface area (Å²) in [6, 6.07) is 1.47. The molecule has 6 heteroatoms. The van der Waals surface area contributed by atoms with Crippen LogP contribution in [0.3, 0.4) is 0 Å². The van der Waals surface area contributed by atoms with Gasteiger partial charge in [0.25, 0.3) is 6.43 Å². The third kappa shape index (κ3) is 1.23. The molecule has 0 bridgehead atoms. The maximum absolute atomic E-state index is 12.7. The molecule has 14 heavy (non-hydrogen) atoms. The number of nitrogens with one attached hydrogen (secondary N) is 1. The van der Waals surface area contributed by atoms with Gasteiger partial charge in [0, 0.05) is 11.5 Å². The monoisotopic (exact) mass is 204 g/mol. The highest BCUT2D eigenvalue weighted by molar-refractivity contribution is 5.81. The number of hydrogen-bond acceptors (Lipinski definition) is 1. The number of aromatic amines is 1. The van der Waals surface area contributed by atoms with Gasteiger partial charge in [0.15, 0.2) is 11.6 Å². The highest BCUT2D eigenvalue weighted by atomic mass is 19.3. The zero-order valence-corrected chi connectivity index (χ0v) is 6.69. The fourth-order valence-electron chi connectivity index (χ4n) is 1.19. The van der Waals surface area contributed by atoms with Gasteiger partial charge in [-0.25, -0.2) is 17.6 Å². The van der Waals surface area contributed by atoms with Crippen molar-refractivity contribution < 1.29 is 17.6 Å². The van der Waals surface area contributed by atoms with E-state index in [2.05, 4.69) is 5.10 Å². The summed E-state index contributed by atoms with van der Waals surface area (Å²) in [6.45, 7) is 0. The highest BCUT2D eigenvalue weighted by Gasteiger charge is 2.16. The van der Waals surface area contributed by atoms with Gasteiger partial charge >= 0.3 is 0 Å². The van der Waals surface area contributed by atoms with Crippen LogP contribution < -0.4 is 0 Å². The first-order valence-electron chi connectivity index (χ1n) is 3.70. The van der Waals surface area contributed by atoms with Gasteiger partial charge < -0.3 is 0 Å². The van der Waals surface area contributed by atoms with Crippen molar-refractivity contribution in [3.05, 3.63) is 29.5 Å². The Kier molecular flexibility index (Phi) is 1.90. The molecule has 2 aromatic rings. The van der Waals surface area contributed by atoms with E-state index in [1.165, 1.54) is 0 Å². The predicted octanol–water partition coefficient (Wildman–Crippen LogP) is 2.78. The van der Waals surface area contributed by atoms with Crippen LogP contribution in [-0.2, 0) is 0 Å². The molecule has 0 amide bonds. The standard InChI is InChI=1S/C8H4F4N2/c9-4-1-3-6(2-5(4)10)13-14-7(3)8(11)12/h1-2,8H,(H,13,14). The normalized spacial score (nSPS) is 11.5. The predicted molar refractivity (Wildman–Crippen MR) is 41.0 cm³/mol. The molecular formula is C8H4F4N2. The molecule has 0 aliphatic carbocycles. The minimum atomic E-state index is -2.79. The summed E-state index contributed by atoms with van der Waals surface area (Å²) in [5.74, 6) is -2.27. The molecule has 74 valence electrons. The first-order chi connectivity index (χ1) is 6.59. The summed E-state index contributed by atoms with van der Waals surface area (Å²) >= 11 is 0. The average Bonchev–Trinajstić information content (AvgIpc) is 2.48. The quantitative estimate of drug-likeness (QED) is 0.711. The van der Waals surface area contributed by atoms with Crippen molar-refractivity contribution in [3.63, 3.8) is 0 Å². The van der Waals surface area contributed by atoms with Crippen molar-refractivity contribution in [1.29, 1.82) is 0 Å². The van der Waals surface area contributed by atoms with Crippen molar-refractivity contribution in [1.82, 2.24) is 10.2 Å². The Morgan fingerprint density at radius 2 is 1.79 bits per heavy atom. The maximum atomic E-state index is 12.7. The lowest BCUT2D eigenvalue weighted by Gasteiger charge is -1.95. The van der Waals surface area contributed by atoms with Gasteiger partial charge in [-0.1, -0.05) is 0 Å². The number of alkyl halides is 2.